The Morgan fingerprint density at radius 2 is 1.29 bits per heavy atom. The zero-order chi connectivity index (χ0) is 17.7. The molecule has 132 valence electrons. The smallest absolute Gasteiger partial charge is 0.264 e. The Morgan fingerprint density at radius 1 is 0.952 bits per heavy atom. The molecule has 0 aromatic heterocycles. The number of hydrogen-bond acceptors (Lipinski definition) is 8. The van der Waals surface area contributed by atoms with Crippen LogP contribution in [0.3, 0.4) is 0 Å². The maximum Gasteiger partial charge on any atom is 0.264 e. The van der Waals surface area contributed by atoms with Crippen LogP contribution in [0.5, 0.6) is 0 Å². The molecule has 0 saturated heterocycles. The third kappa shape index (κ3) is 64.7. The van der Waals surface area contributed by atoms with E-state index in [2.05, 4.69) is 14.9 Å². The predicted octanol–water partition coefficient (Wildman–Crippen LogP) is -0.751. The molecule has 0 aromatic carbocycles. The molecule has 8 nitrogen and oxygen atoms in total. The molecule has 0 radical (unpaired) electrons. The molecule has 21 heavy (non-hydrogen) atoms. The van der Waals surface area contributed by atoms with Crippen molar-refractivity contribution in [3.63, 3.8) is 0 Å². The zero-order valence-electron chi connectivity index (χ0n) is 13.4. The Bertz CT molecular complexity index is 415. The topological polar surface area (TPSA) is 104 Å². The highest BCUT2D eigenvalue weighted by Gasteiger charge is 2.00. The molecule has 0 fully saturated rings. The van der Waals surface area contributed by atoms with E-state index in [9.17, 15) is 16.8 Å². The highest BCUT2D eigenvalue weighted by molar-refractivity contribution is 8.13. The van der Waals surface area contributed by atoms with Crippen molar-refractivity contribution in [2.45, 2.75) is 0 Å². The lowest BCUT2D eigenvalue weighted by molar-refractivity contribution is 0.243. The largest absolute Gasteiger partial charge is 0.395 e. The summed E-state index contributed by atoms with van der Waals surface area (Å²) in [5.74, 6) is 0. The van der Waals surface area contributed by atoms with Gasteiger partial charge in [-0.05, 0) is 28.2 Å². The minimum absolute atomic E-state index is 0.228. The van der Waals surface area contributed by atoms with Crippen LogP contribution in [0.4, 0.5) is 0 Å². The van der Waals surface area contributed by atoms with Crippen LogP contribution in [-0.2, 0) is 23.4 Å². The fraction of sp³-hybridized carbons (Fsp3) is 1.00. The van der Waals surface area contributed by atoms with Crippen LogP contribution in [0.15, 0.2) is 0 Å². The van der Waals surface area contributed by atoms with Gasteiger partial charge in [0.15, 0.2) is 0 Å². The molecule has 0 aliphatic carbocycles. The molecule has 0 amide bonds. The molecule has 1 N–H and O–H groups in total. The number of halogens is 1. The second-order valence-corrected chi connectivity index (χ2v) is 9.23. The van der Waals surface area contributed by atoms with Gasteiger partial charge in [0.25, 0.3) is 10.1 Å². The lowest BCUT2D eigenvalue weighted by Crippen LogP contribution is -2.19. The first-order valence-corrected chi connectivity index (χ1v) is 10.4. The van der Waals surface area contributed by atoms with E-state index in [-0.39, 0.29) is 13.2 Å². The van der Waals surface area contributed by atoms with Gasteiger partial charge in [-0.15, -0.1) is 0 Å². The van der Waals surface area contributed by atoms with Gasteiger partial charge in [-0.1, -0.05) is 0 Å². The molecule has 0 aliphatic heterocycles. The van der Waals surface area contributed by atoms with Gasteiger partial charge in [-0.3, -0.25) is 4.18 Å². The maximum atomic E-state index is 10.4. The highest BCUT2D eigenvalue weighted by atomic mass is 35.7. The quantitative estimate of drug-likeness (QED) is 0.481. The van der Waals surface area contributed by atoms with Gasteiger partial charge < -0.3 is 14.9 Å². The summed E-state index contributed by atoms with van der Waals surface area (Å²) in [7, 11) is 5.62. The first kappa shape index (κ1) is 26.0. The van der Waals surface area contributed by atoms with E-state index in [1.54, 1.807) is 0 Å². The van der Waals surface area contributed by atoms with E-state index in [0.29, 0.717) is 6.54 Å². The summed E-state index contributed by atoms with van der Waals surface area (Å²) in [4.78, 5) is 3.78. The van der Waals surface area contributed by atoms with Crippen LogP contribution in [-0.4, -0.2) is 98.7 Å². The number of nitrogens with zero attached hydrogens (tertiary/aromatic N) is 2. The van der Waals surface area contributed by atoms with Crippen LogP contribution in [0.1, 0.15) is 0 Å². The second-order valence-electron chi connectivity index (χ2n) is 4.54. The molecule has 0 saturated carbocycles. The van der Waals surface area contributed by atoms with Crippen LogP contribution in [0.25, 0.3) is 0 Å². The van der Waals surface area contributed by atoms with Crippen molar-refractivity contribution in [1.82, 2.24) is 9.80 Å². The third-order valence-corrected chi connectivity index (χ3v) is 1.98. The van der Waals surface area contributed by atoms with E-state index in [0.717, 1.165) is 19.1 Å². The van der Waals surface area contributed by atoms with Crippen molar-refractivity contribution < 1.29 is 26.1 Å². The lowest BCUT2D eigenvalue weighted by atomic mass is 10.6. The Labute approximate surface area is 133 Å². The van der Waals surface area contributed by atoms with Crippen LogP contribution >= 0.6 is 10.7 Å². The molecule has 0 rings (SSSR count). The van der Waals surface area contributed by atoms with E-state index in [1.165, 1.54) is 0 Å². The van der Waals surface area contributed by atoms with Crippen LogP contribution in [0.2, 0.25) is 0 Å². The first-order chi connectivity index (χ1) is 9.19. The van der Waals surface area contributed by atoms with Gasteiger partial charge in [0.05, 0.1) is 25.7 Å². The Balaban J connectivity index is -0.000000252. The molecular weight excluding hydrogens is 344 g/mol. The summed E-state index contributed by atoms with van der Waals surface area (Å²) in [6.45, 7) is 1.87. The fourth-order valence-corrected chi connectivity index (χ4v) is 0.949. The molecule has 0 bridgehead atoms. The van der Waals surface area contributed by atoms with E-state index < -0.39 is 19.2 Å². The SMILES string of the molecule is CN(C)CCO.CN(C)CCOS(C)(=O)=O.CS(=O)(=O)Cl. The average molecular weight is 371 g/mol. The average Bonchev–Trinajstić information content (AvgIpc) is 2.12. The van der Waals surface area contributed by atoms with Crippen LogP contribution in [0, 0.1) is 0 Å². The van der Waals surface area contributed by atoms with Crippen molar-refractivity contribution in [2.75, 3.05) is 67.0 Å². The minimum atomic E-state index is -3.25. The van der Waals surface area contributed by atoms with Gasteiger partial charge in [0.2, 0.25) is 9.05 Å². The number of aliphatic hydroxyl groups is 1. The van der Waals surface area contributed by atoms with E-state index >= 15 is 0 Å². The number of likely N-dealkylation sites (N-methyl/N-ethyl adjacent to an activating group) is 2. The van der Waals surface area contributed by atoms with E-state index in [4.69, 9.17) is 5.11 Å². The maximum absolute atomic E-state index is 10.4. The van der Waals surface area contributed by atoms with Crippen molar-refractivity contribution >= 4 is 29.9 Å². The predicted molar refractivity (Wildman–Crippen MR) is 85.7 cm³/mol. The molecule has 0 atom stereocenters. The fourth-order valence-electron chi connectivity index (χ4n) is 0.571. The third-order valence-electron chi connectivity index (χ3n) is 1.38. The summed E-state index contributed by atoms with van der Waals surface area (Å²) in [6, 6.07) is 0. The summed E-state index contributed by atoms with van der Waals surface area (Å²) in [5.41, 5.74) is 0. The normalized spacial score (nSPS) is 11.5. The van der Waals surface area contributed by atoms with Gasteiger partial charge in [-0.25, -0.2) is 8.42 Å². The molecule has 0 spiro atoms. The lowest BCUT2D eigenvalue weighted by Gasteiger charge is -2.07. The van der Waals surface area contributed by atoms with Crippen molar-refractivity contribution in [1.29, 1.82) is 0 Å². The van der Waals surface area contributed by atoms with Gasteiger partial charge in [-0.2, -0.15) is 8.42 Å². The Hall–Kier alpha value is 0.0300. The molecule has 0 aliphatic rings. The monoisotopic (exact) mass is 370 g/mol. The highest BCUT2D eigenvalue weighted by Crippen LogP contribution is 1.86. The van der Waals surface area contributed by atoms with Crippen LogP contribution < -0.4 is 0 Å². The number of hydrogen-bond donors (Lipinski definition) is 1. The molecule has 11 heteroatoms. The van der Waals surface area contributed by atoms with Gasteiger partial charge in [0, 0.05) is 23.8 Å². The standard InChI is InChI=1S/C5H13NO3S.C4H11NO.CH3ClO2S/c1-6(2)4-5-9-10(3,7)8;1-5(2)3-4-6;1-5(2,3)4/h4-5H2,1-3H3;6H,3-4H2,1-2H3;1H3. The summed E-state index contributed by atoms with van der Waals surface area (Å²) >= 11 is 0. The Morgan fingerprint density at radius 3 is 1.43 bits per heavy atom. The number of rotatable bonds is 6. The molecule has 0 aromatic rings. The number of aliphatic hydroxyl groups excluding tert-OH is 1. The minimum Gasteiger partial charge on any atom is -0.395 e. The molecular formula is C10H27ClN2O6S2. The summed E-state index contributed by atoms with van der Waals surface area (Å²) < 4.78 is 44.0. The van der Waals surface area contributed by atoms with Crippen molar-refractivity contribution in [3.8, 4) is 0 Å². The Kier molecular flexibility index (Phi) is 16.9. The van der Waals surface area contributed by atoms with Gasteiger partial charge in [0.1, 0.15) is 0 Å². The molecule has 0 unspecified atom stereocenters. The second kappa shape index (κ2) is 13.7. The van der Waals surface area contributed by atoms with Gasteiger partial charge >= 0.3 is 0 Å². The zero-order valence-corrected chi connectivity index (χ0v) is 15.8. The first-order valence-electron chi connectivity index (χ1n) is 5.83. The molecule has 0 heterocycles. The van der Waals surface area contributed by atoms with Crippen molar-refractivity contribution in [2.24, 2.45) is 0 Å². The summed E-state index contributed by atoms with van der Waals surface area (Å²) in [5, 5.41) is 8.20. The van der Waals surface area contributed by atoms with Crippen molar-refractivity contribution in [3.05, 3.63) is 0 Å². The van der Waals surface area contributed by atoms with E-state index in [1.807, 2.05) is 38.0 Å². The summed E-state index contributed by atoms with van der Waals surface area (Å²) in [6.07, 6.45) is 1.97.